The summed E-state index contributed by atoms with van der Waals surface area (Å²) in [6.45, 7) is 0.760. The Bertz CT molecular complexity index is 310. The highest BCUT2D eigenvalue weighted by Gasteiger charge is 2.17. The summed E-state index contributed by atoms with van der Waals surface area (Å²) in [5, 5.41) is 0. The van der Waals surface area contributed by atoms with Gasteiger partial charge in [-0.2, -0.15) is 0 Å². The van der Waals surface area contributed by atoms with Crippen molar-refractivity contribution < 1.29 is 9.47 Å². The number of rotatable bonds is 1. The first kappa shape index (κ1) is 7.80. The SMILES string of the molecule is COc1ccc2c(c1S)OCC2. The van der Waals surface area contributed by atoms with Crippen LogP contribution >= 0.6 is 12.6 Å². The molecule has 3 heteroatoms. The second kappa shape index (κ2) is 2.90. The Morgan fingerprint density at radius 2 is 2.33 bits per heavy atom. The minimum Gasteiger partial charge on any atom is -0.495 e. The van der Waals surface area contributed by atoms with Crippen LogP contribution in [0.4, 0.5) is 0 Å². The predicted molar refractivity (Wildman–Crippen MR) is 49.4 cm³/mol. The molecule has 0 unspecified atom stereocenters. The summed E-state index contributed by atoms with van der Waals surface area (Å²) < 4.78 is 10.5. The van der Waals surface area contributed by atoms with E-state index in [2.05, 4.69) is 12.6 Å². The third-order valence-corrected chi connectivity index (χ3v) is 2.44. The molecule has 0 N–H and O–H groups in total. The van der Waals surface area contributed by atoms with Gasteiger partial charge in [-0.05, 0) is 11.6 Å². The van der Waals surface area contributed by atoms with E-state index in [9.17, 15) is 0 Å². The quantitative estimate of drug-likeness (QED) is 0.669. The molecule has 2 nitrogen and oxygen atoms in total. The lowest BCUT2D eigenvalue weighted by Gasteiger charge is -2.07. The van der Waals surface area contributed by atoms with Crippen molar-refractivity contribution in [3.63, 3.8) is 0 Å². The van der Waals surface area contributed by atoms with Crippen molar-refractivity contribution in [2.75, 3.05) is 13.7 Å². The van der Waals surface area contributed by atoms with E-state index in [0.717, 1.165) is 29.4 Å². The van der Waals surface area contributed by atoms with E-state index in [-0.39, 0.29) is 0 Å². The average Bonchev–Trinajstić information content (AvgIpc) is 2.53. The van der Waals surface area contributed by atoms with Crippen molar-refractivity contribution in [2.24, 2.45) is 0 Å². The molecule has 0 bridgehead atoms. The van der Waals surface area contributed by atoms with E-state index in [4.69, 9.17) is 9.47 Å². The van der Waals surface area contributed by atoms with Gasteiger partial charge in [0, 0.05) is 6.42 Å². The average molecular weight is 182 g/mol. The van der Waals surface area contributed by atoms with Crippen molar-refractivity contribution in [3.8, 4) is 11.5 Å². The van der Waals surface area contributed by atoms with Gasteiger partial charge in [0.05, 0.1) is 18.6 Å². The molecule has 0 saturated carbocycles. The number of benzene rings is 1. The van der Waals surface area contributed by atoms with Crippen molar-refractivity contribution in [2.45, 2.75) is 11.3 Å². The van der Waals surface area contributed by atoms with Crippen LogP contribution in [0.2, 0.25) is 0 Å². The number of hydrogen-bond acceptors (Lipinski definition) is 3. The molecule has 1 aliphatic rings. The molecule has 2 rings (SSSR count). The van der Waals surface area contributed by atoms with E-state index in [0.29, 0.717) is 0 Å². The monoisotopic (exact) mass is 182 g/mol. The molecule has 0 radical (unpaired) electrons. The zero-order valence-corrected chi connectivity index (χ0v) is 7.73. The van der Waals surface area contributed by atoms with Crippen molar-refractivity contribution >= 4 is 12.6 Å². The van der Waals surface area contributed by atoms with Gasteiger partial charge < -0.3 is 9.47 Å². The van der Waals surface area contributed by atoms with E-state index in [1.165, 1.54) is 5.56 Å². The van der Waals surface area contributed by atoms with Crippen molar-refractivity contribution in [1.29, 1.82) is 0 Å². The smallest absolute Gasteiger partial charge is 0.139 e. The Morgan fingerprint density at radius 1 is 1.50 bits per heavy atom. The predicted octanol–water partition coefficient (Wildman–Crippen LogP) is 1.92. The maximum atomic E-state index is 5.42. The Balaban J connectivity index is 2.54. The first-order valence-electron chi connectivity index (χ1n) is 3.84. The van der Waals surface area contributed by atoms with Crippen LogP contribution in [-0.4, -0.2) is 13.7 Å². The van der Waals surface area contributed by atoms with Crippen molar-refractivity contribution in [1.82, 2.24) is 0 Å². The van der Waals surface area contributed by atoms with Gasteiger partial charge in [-0.3, -0.25) is 0 Å². The second-order valence-corrected chi connectivity index (χ2v) is 3.15. The maximum Gasteiger partial charge on any atom is 0.139 e. The first-order chi connectivity index (χ1) is 5.83. The molecular weight excluding hydrogens is 172 g/mol. The largest absolute Gasteiger partial charge is 0.495 e. The fourth-order valence-electron chi connectivity index (χ4n) is 1.38. The lowest BCUT2D eigenvalue weighted by Crippen LogP contribution is -1.89. The summed E-state index contributed by atoms with van der Waals surface area (Å²) in [6, 6.07) is 3.96. The molecule has 0 aromatic heterocycles. The van der Waals surface area contributed by atoms with Gasteiger partial charge in [-0.1, -0.05) is 6.07 Å². The normalized spacial score (nSPS) is 13.8. The molecular formula is C9H10O2S. The molecule has 1 aliphatic heterocycles. The first-order valence-corrected chi connectivity index (χ1v) is 4.29. The van der Waals surface area contributed by atoms with Crippen molar-refractivity contribution in [3.05, 3.63) is 17.7 Å². The lowest BCUT2D eigenvalue weighted by molar-refractivity contribution is 0.342. The number of methoxy groups -OCH3 is 1. The van der Waals surface area contributed by atoms with E-state index >= 15 is 0 Å². The van der Waals surface area contributed by atoms with Gasteiger partial charge in [0.25, 0.3) is 0 Å². The zero-order chi connectivity index (χ0) is 8.55. The molecule has 1 aromatic carbocycles. The van der Waals surface area contributed by atoms with Crippen LogP contribution in [0.25, 0.3) is 0 Å². The molecule has 0 spiro atoms. The Hall–Kier alpha value is -0.830. The van der Waals surface area contributed by atoms with E-state index in [1.807, 2.05) is 12.1 Å². The molecule has 0 atom stereocenters. The molecule has 64 valence electrons. The van der Waals surface area contributed by atoms with E-state index in [1.54, 1.807) is 7.11 Å². The Kier molecular flexibility index (Phi) is 1.89. The Labute approximate surface area is 76.9 Å². The third-order valence-electron chi connectivity index (χ3n) is 2.01. The fourth-order valence-corrected chi connectivity index (χ4v) is 1.75. The topological polar surface area (TPSA) is 18.5 Å². The summed E-state index contributed by atoms with van der Waals surface area (Å²) in [6.07, 6.45) is 0.979. The molecule has 1 aromatic rings. The van der Waals surface area contributed by atoms with Gasteiger partial charge in [0.2, 0.25) is 0 Å². The highest BCUT2D eigenvalue weighted by molar-refractivity contribution is 7.80. The lowest BCUT2D eigenvalue weighted by atomic mass is 10.2. The molecule has 0 amide bonds. The summed E-state index contributed by atoms with van der Waals surface area (Å²) in [5.74, 6) is 1.66. The highest BCUT2D eigenvalue weighted by Crippen LogP contribution is 2.38. The van der Waals surface area contributed by atoms with Gasteiger partial charge in [-0.15, -0.1) is 12.6 Å². The van der Waals surface area contributed by atoms with Crippen LogP contribution in [-0.2, 0) is 6.42 Å². The summed E-state index contributed by atoms with van der Waals surface area (Å²) in [7, 11) is 1.64. The van der Waals surface area contributed by atoms with E-state index < -0.39 is 0 Å². The Morgan fingerprint density at radius 3 is 3.08 bits per heavy atom. The summed E-state index contributed by atoms with van der Waals surface area (Å²) in [4.78, 5) is 0.812. The number of fused-ring (bicyclic) bond motifs is 1. The summed E-state index contributed by atoms with van der Waals surface area (Å²) >= 11 is 4.33. The van der Waals surface area contributed by atoms with Crippen LogP contribution in [0, 0.1) is 0 Å². The summed E-state index contributed by atoms with van der Waals surface area (Å²) in [5.41, 5.74) is 1.22. The molecule has 0 aliphatic carbocycles. The maximum absolute atomic E-state index is 5.42. The van der Waals surface area contributed by atoms with Gasteiger partial charge >= 0.3 is 0 Å². The number of hydrogen-bond donors (Lipinski definition) is 1. The molecule has 0 fully saturated rings. The molecule has 1 heterocycles. The third kappa shape index (κ3) is 1.05. The second-order valence-electron chi connectivity index (χ2n) is 2.70. The van der Waals surface area contributed by atoms with Crippen LogP contribution in [0.1, 0.15) is 5.56 Å². The standard InChI is InChI=1S/C9H10O2S/c1-10-7-3-2-6-4-5-11-8(6)9(7)12/h2-3,12H,4-5H2,1H3. The van der Waals surface area contributed by atoms with Crippen LogP contribution in [0.3, 0.4) is 0 Å². The zero-order valence-electron chi connectivity index (χ0n) is 6.83. The van der Waals surface area contributed by atoms with Gasteiger partial charge in [0.1, 0.15) is 11.5 Å². The van der Waals surface area contributed by atoms with Gasteiger partial charge in [0.15, 0.2) is 0 Å². The highest BCUT2D eigenvalue weighted by atomic mass is 32.1. The van der Waals surface area contributed by atoms with Crippen LogP contribution < -0.4 is 9.47 Å². The van der Waals surface area contributed by atoms with Crippen LogP contribution in [0.5, 0.6) is 11.5 Å². The number of ether oxygens (including phenoxy) is 2. The van der Waals surface area contributed by atoms with Gasteiger partial charge in [-0.25, -0.2) is 0 Å². The minimum absolute atomic E-state index is 0.760. The molecule has 0 saturated heterocycles. The fraction of sp³-hybridized carbons (Fsp3) is 0.333. The molecule has 12 heavy (non-hydrogen) atoms. The minimum atomic E-state index is 0.760. The number of thiol groups is 1. The van der Waals surface area contributed by atoms with Crippen LogP contribution in [0.15, 0.2) is 17.0 Å².